The van der Waals surface area contributed by atoms with Gasteiger partial charge in [0.15, 0.2) is 12.4 Å². The van der Waals surface area contributed by atoms with Crippen LogP contribution >= 0.6 is 0 Å². The number of rotatable bonds is 5. The van der Waals surface area contributed by atoms with Crippen LogP contribution in [0.25, 0.3) is 0 Å². The Labute approximate surface area is 118 Å². The molecule has 1 aliphatic carbocycles. The predicted molar refractivity (Wildman–Crippen MR) is 64.3 cm³/mol. The lowest BCUT2D eigenvalue weighted by Crippen LogP contribution is -3.00. The molecule has 1 fully saturated rings. The third-order valence-corrected chi connectivity index (χ3v) is 2.63. The van der Waals surface area contributed by atoms with Gasteiger partial charge in [0.1, 0.15) is 5.56 Å². The van der Waals surface area contributed by atoms with Crippen molar-refractivity contribution in [2.75, 3.05) is 7.05 Å². The Kier molecular flexibility index (Phi) is 5.72. The molecular formula is C12H17ClN4O2. The second-order valence-corrected chi connectivity index (χ2v) is 4.31. The van der Waals surface area contributed by atoms with E-state index in [1.54, 1.807) is 36.1 Å². The van der Waals surface area contributed by atoms with Crippen LogP contribution in [0.4, 0.5) is 0 Å². The molecule has 3 N–H and O–H groups in total. The van der Waals surface area contributed by atoms with Crippen molar-refractivity contribution in [1.82, 2.24) is 16.2 Å². The van der Waals surface area contributed by atoms with Crippen molar-refractivity contribution in [1.29, 1.82) is 0 Å². The highest BCUT2D eigenvalue weighted by atomic mass is 35.5. The zero-order valence-electron chi connectivity index (χ0n) is 10.6. The van der Waals surface area contributed by atoms with E-state index in [1.807, 2.05) is 0 Å². The van der Waals surface area contributed by atoms with Crippen LogP contribution in [0, 0.1) is 0 Å². The Hall–Kier alpha value is -1.66. The van der Waals surface area contributed by atoms with Crippen molar-refractivity contribution in [2.24, 2.45) is 0 Å². The van der Waals surface area contributed by atoms with Gasteiger partial charge in [-0.1, -0.05) is 0 Å². The van der Waals surface area contributed by atoms with E-state index in [9.17, 15) is 9.59 Å². The monoisotopic (exact) mass is 284 g/mol. The van der Waals surface area contributed by atoms with Crippen LogP contribution in [-0.2, 0) is 11.3 Å². The first-order valence-corrected chi connectivity index (χ1v) is 5.94. The number of hydrogen-bond donors (Lipinski definition) is 3. The zero-order chi connectivity index (χ0) is 13.0. The maximum Gasteiger partial charge on any atom is 0.286 e. The minimum Gasteiger partial charge on any atom is -1.00 e. The van der Waals surface area contributed by atoms with Gasteiger partial charge in [-0.2, -0.15) is 4.57 Å². The summed E-state index contributed by atoms with van der Waals surface area (Å²) in [6.45, 7) is 0.233. The van der Waals surface area contributed by atoms with E-state index < -0.39 is 0 Å². The average Bonchev–Trinajstić information content (AvgIpc) is 3.13. The zero-order valence-corrected chi connectivity index (χ0v) is 11.4. The number of nitrogens with one attached hydrogen (secondary N) is 3. The Bertz CT molecular complexity index is 463. The molecule has 0 aliphatic heterocycles. The first-order chi connectivity index (χ1) is 8.69. The highest BCUT2D eigenvalue weighted by molar-refractivity contribution is 5.93. The van der Waals surface area contributed by atoms with Crippen LogP contribution in [0.2, 0.25) is 0 Å². The number of aromatic nitrogens is 1. The van der Waals surface area contributed by atoms with E-state index in [2.05, 4.69) is 16.2 Å². The maximum absolute atomic E-state index is 11.6. The largest absolute Gasteiger partial charge is 1.00 e. The third-order valence-electron chi connectivity index (χ3n) is 2.63. The van der Waals surface area contributed by atoms with Gasteiger partial charge >= 0.3 is 0 Å². The van der Waals surface area contributed by atoms with Crippen LogP contribution in [0.3, 0.4) is 0 Å². The van der Waals surface area contributed by atoms with E-state index in [4.69, 9.17) is 0 Å². The minimum atomic E-state index is -0.227. The summed E-state index contributed by atoms with van der Waals surface area (Å²) in [5.74, 6) is -0.247. The standard InChI is InChI=1S/C12H16N4O2.ClH/c1-13-15-12(18)9-3-2-6-16(7-9)8-11(17)14-10-4-5-10;/h2-3,6-7,10,13H,4-5,8H2,1H3,(H-,14,15,17,18);1H. The summed E-state index contributed by atoms with van der Waals surface area (Å²) in [6.07, 6.45) is 5.56. The molecule has 0 bridgehead atoms. The molecule has 0 atom stereocenters. The summed E-state index contributed by atoms with van der Waals surface area (Å²) in [5.41, 5.74) is 5.56. The highest BCUT2D eigenvalue weighted by Gasteiger charge is 2.24. The maximum atomic E-state index is 11.6. The molecule has 6 nitrogen and oxygen atoms in total. The van der Waals surface area contributed by atoms with Crippen molar-refractivity contribution in [3.05, 3.63) is 30.1 Å². The summed E-state index contributed by atoms with van der Waals surface area (Å²) in [5, 5.41) is 2.90. The Morgan fingerprint density at radius 3 is 2.79 bits per heavy atom. The van der Waals surface area contributed by atoms with Crippen molar-refractivity contribution >= 4 is 11.8 Å². The van der Waals surface area contributed by atoms with E-state index in [0.29, 0.717) is 11.6 Å². The van der Waals surface area contributed by atoms with Gasteiger partial charge in [-0.25, -0.2) is 5.43 Å². The van der Waals surface area contributed by atoms with Crippen molar-refractivity contribution < 1.29 is 26.6 Å². The SMILES string of the molecule is CNNC(=O)c1ccc[n+](CC(=O)NC2CC2)c1.[Cl-]. The number of amides is 2. The molecule has 0 spiro atoms. The molecule has 104 valence electrons. The fourth-order valence-electron chi connectivity index (χ4n) is 1.61. The molecule has 0 unspecified atom stereocenters. The molecule has 1 aliphatic rings. The molecule has 1 aromatic heterocycles. The predicted octanol–water partition coefficient (Wildman–Crippen LogP) is -3.88. The number of pyridine rings is 1. The molecule has 19 heavy (non-hydrogen) atoms. The number of halogens is 1. The summed E-state index contributed by atoms with van der Waals surface area (Å²) < 4.78 is 1.70. The van der Waals surface area contributed by atoms with E-state index in [0.717, 1.165) is 12.8 Å². The molecule has 1 heterocycles. The molecule has 7 heteroatoms. The molecule has 0 saturated heterocycles. The second kappa shape index (κ2) is 7.06. The van der Waals surface area contributed by atoms with Gasteiger partial charge < -0.3 is 17.7 Å². The van der Waals surface area contributed by atoms with Crippen molar-refractivity contribution in [2.45, 2.75) is 25.4 Å². The number of hydrogen-bond acceptors (Lipinski definition) is 3. The number of nitrogens with zero attached hydrogens (tertiary/aromatic N) is 1. The summed E-state index contributed by atoms with van der Waals surface area (Å²) >= 11 is 0. The Morgan fingerprint density at radius 1 is 1.42 bits per heavy atom. The molecule has 0 aromatic carbocycles. The van der Waals surface area contributed by atoms with Crippen LogP contribution in [-0.4, -0.2) is 24.9 Å². The van der Waals surface area contributed by atoms with Gasteiger partial charge in [-0.05, 0) is 18.9 Å². The lowest BCUT2D eigenvalue weighted by Gasteiger charge is -2.03. The van der Waals surface area contributed by atoms with Crippen molar-refractivity contribution in [3.8, 4) is 0 Å². The molecule has 1 aromatic rings. The normalized spacial score (nSPS) is 13.3. The smallest absolute Gasteiger partial charge is 0.286 e. The molecular weight excluding hydrogens is 268 g/mol. The fourth-order valence-corrected chi connectivity index (χ4v) is 1.61. The second-order valence-electron chi connectivity index (χ2n) is 4.31. The van der Waals surface area contributed by atoms with Gasteiger partial charge in [0.05, 0.1) is 0 Å². The topological polar surface area (TPSA) is 74.1 Å². The molecule has 0 radical (unpaired) electrons. The van der Waals surface area contributed by atoms with Gasteiger partial charge in [0.2, 0.25) is 6.54 Å². The average molecular weight is 285 g/mol. The van der Waals surface area contributed by atoms with Crippen LogP contribution in [0.15, 0.2) is 24.5 Å². The van der Waals surface area contributed by atoms with Crippen LogP contribution < -0.4 is 33.1 Å². The number of carbonyl (C=O) groups excluding carboxylic acids is 2. The van der Waals surface area contributed by atoms with Crippen LogP contribution in [0.5, 0.6) is 0 Å². The molecule has 2 rings (SSSR count). The van der Waals surface area contributed by atoms with E-state index in [-0.39, 0.29) is 30.8 Å². The van der Waals surface area contributed by atoms with Gasteiger partial charge in [0, 0.05) is 19.2 Å². The van der Waals surface area contributed by atoms with E-state index >= 15 is 0 Å². The quantitative estimate of drug-likeness (QED) is 0.383. The first kappa shape index (κ1) is 15.4. The fraction of sp³-hybridized carbons (Fsp3) is 0.417. The number of hydrazine groups is 1. The summed E-state index contributed by atoms with van der Waals surface area (Å²) in [4.78, 5) is 23.2. The van der Waals surface area contributed by atoms with Crippen LogP contribution in [0.1, 0.15) is 23.2 Å². The lowest BCUT2D eigenvalue weighted by atomic mass is 10.2. The van der Waals surface area contributed by atoms with Crippen molar-refractivity contribution in [3.63, 3.8) is 0 Å². The lowest BCUT2D eigenvalue weighted by molar-refractivity contribution is -0.684. The van der Waals surface area contributed by atoms with Gasteiger partial charge in [0.25, 0.3) is 11.8 Å². The van der Waals surface area contributed by atoms with E-state index in [1.165, 1.54) is 0 Å². The van der Waals surface area contributed by atoms with Gasteiger partial charge in [-0.3, -0.25) is 15.0 Å². The summed E-state index contributed by atoms with van der Waals surface area (Å²) in [6, 6.07) is 3.80. The summed E-state index contributed by atoms with van der Waals surface area (Å²) in [7, 11) is 1.62. The highest BCUT2D eigenvalue weighted by Crippen LogP contribution is 2.18. The van der Waals surface area contributed by atoms with Gasteiger partial charge in [-0.15, -0.1) is 0 Å². The number of carbonyl (C=O) groups is 2. The third kappa shape index (κ3) is 4.84. The Morgan fingerprint density at radius 2 is 2.16 bits per heavy atom. The minimum absolute atomic E-state index is 0. The Balaban J connectivity index is 0.00000180. The molecule has 2 amide bonds. The first-order valence-electron chi connectivity index (χ1n) is 5.94. The molecule has 1 saturated carbocycles.